The average molecular weight is 292 g/mol. The molecule has 0 atom stereocenters. The highest BCUT2D eigenvalue weighted by atomic mass is 16.5. The SMILES string of the molecule is CCOc1cccc(CN(C)CC2(N(C)C)CCC2)c1O. The van der Waals surface area contributed by atoms with Gasteiger partial charge in [0.15, 0.2) is 11.5 Å². The molecule has 4 nitrogen and oxygen atoms in total. The molecule has 0 amide bonds. The van der Waals surface area contributed by atoms with Crippen molar-refractivity contribution in [2.45, 2.75) is 38.3 Å². The van der Waals surface area contributed by atoms with Gasteiger partial charge in [-0.25, -0.2) is 0 Å². The van der Waals surface area contributed by atoms with Crippen molar-refractivity contribution in [3.8, 4) is 11.5 Å². The summed E-state index contributed by atoms with van der Waals surface area (Å²) in [6.07, 6.45) is 3.84. The van der Waals surface area contributed by atoms with Crippen molar-refractivity contribution in [2.75, 3.05) is 34.3 Å². The largest absolute Gasteiger partial charge is 0.504 e. The number of nitrogens with zero attached hydrogens (tertiary/aromatic N) is 2. The van der Waals surface area contributed by atoms with Crippen LogP contribution >= 0.6 is 0 Å². The van der Waals surface area contributed by atoms with Crippen LogP contribution in [0.5, 0.6) is 11.5 Å². The predicted octanol–water partition coefficient (Wildman–Crippen LogP) is 2.71. The summed E-state index contributed by atoms with van der Waals surface area (Å²) in [6, 6.07) is 5.73. The summed E-state index contributed by atoms with van der Waals surface area (Å²) in [5, 5.41) is 10.3. The first-order valence-electron chi connectivity index (χ1n) is 7.78. The molecule has 1 fully saturated rings. The zero-order valence-electron chi connectivity index (χ0n) is 13.7. The number of para-hydroxylation sites is 1. The van der Waals surface area contributed by atoms with E-state index in [1.54, 1.807) is 0 Å². The van der Waals surface area contributed by atoms with Crippen LogP contribution in [-0.4, -0.2) is 54.7 Å². The third-order valence-corrected chi connectivity index (χ3v) is 4.62. The van der Waals surface area contributed by atoms with Crippen LogP contribution in [0.3, 0.4) is 0 Å². The van der Waals surface area contributed by atoms with E-state index in [4.69, 9.17) is 4.74 Å². The van der Waals surface area contributed by atoms with Crippen LogP contribution in [-0.2, 0) is 6.54 Å². The number of phenols is 1. The van der Waals surface area contributed by atoms with Crippen LogP contribution in [0.1, 0.15) is 31.7 Å². The van der Waals surface area contributed by atoms with Gasteiger partial charge in [-0.3, -0.25) is 0 Å². The van der Waals surface area contributed by atoms with E-state index >= 15 is 0 Å². The summed E-state index contributed by atoms with van der Waals surface area (Å²) < 4.78 is 5.45. The van der Waals surface area contributed by atoms with E-state index in [0.29, 0.717) is 17.9 Å². The lowest BCUT2D eigenvalue weighted by Crippen LogP contribution is -2.56. The van der Waals surface area contributed by atoms with Crippen LogP contribution in [0.2, 0.25) is 0 Å². The lowest BCUT2D eigenvalue weighted by molar-refractivity contribution is 0.0257. The highest BCUT2D eigenvalue weighted by Gasteiger charge is 2.39. The molecule has 118 valence electrons. The lowest BCUT2D eigenvalue weighted by atomic mass is 9.75. The molecule has 0 saturated heterocycles. The number of phenolic OH excluding ortho intramolecular Hbond substituents is 1. The van der Waals surface area contributed by atoms with Gasteiger partial charge < -0.3 is 19.6 Å². The second-order valence-electron chi connectivity index (χ2n) is 6.34. The zero-order valence-corrected chi connectivity index (χ0v) is 13.7. The van der Waals surface area contributed by atoms with Gasteiger partial charge in [0.05, 0.1) is 6.61 Å². The van der Waals surface area contributed by atoms with Crippen molar-refractivity contribution in [2.24, 2.45) is 0 Å². The Morgan fingerprint density at radius 3 is 2.48 bits per heavy atom. The smallest absolute Gasteiger partial charge is 0.162 e. The molecule has 1 aliphatic rings. The standard InChI is InChI=1S/C17H28N2O2/c1-5-21-15-9-6-8-14(16(15)20)12-19(4)13-17(18(2)3)10-7-11-17/h6,8-9,20H,5,7,10-13H2,1-4H3. The third kappa shape index (κ3) is 3.50. The molecule has 0 aliphatic heterocycles. The molecule has 0 radical (unpaired) electrons. The van der Waals surface area contributed by atoms with Crippen molar-refractivity contribution in [3.63, 3.8) is 0 Å². The molecule has 21 heavy (non-hydrogen) atoms. The number of hydrogen-bond acceptors (Lipinski definition) is 4. The minimum atomic E-state index is 0.277. The molecule has 0 bridgehead atoms. The number of benzene rings is 1. The van der Waals surface area contributed by atoms with Gasteiger partial charge in [0.1, 0.15) is 0 Å². The summed E-state index contributed by atoms with van der Waals surface area (Å²) in [7, 11) is 6.46. The number of ether oxygens (including phenoxy) is 1. The Kier molecular flexibility index (Phi) is 5.12. The molecule has 0 spiro atoms. The molecule has 0 heterocycles. The highest BCUT2D eigenvalue weighted by Crippen LogP contribution is 2.37. The molecular formula is C17H28N2O2. The van der Waals surface area contributed by atoms with E-state index in [-0.39, 0.29) is 5.75 Å². The van der Waals surface area contributed by atoms with Crippen molar-refractivity contribution in [1.82, 2.24) is 9.80 Å². The van der Waals surface area contributed by atoms with Gasteiger partial charge in [-0.2, -0.15) is 0 Å². The van der Waals surface area contributed by atoms with Gasteiger partial charge in [-0.05, 0) is 53.4 Å². The van der Waals surface area contributed by atoms with Crippen LogP contribution in [0.4, 0.5) is 0 Å². The van der Waals surface area contributed by atoms with E-state index in [2.05, 4.69) is 30.9 Å². The van der Waals surface area contributed by atoms with E-state index in [9.17, 15) is 5.11 Å². The fourth-order valence-corrected chi connectivity index (χ4v) is 3.15. The van der Waals surface area contributed by atoms with Crippen molar-refractivity contribution in [3.05, 3.63) is 23.8 Å². The molecule has 1 aromatic carbocycles. The topological polar surface area (TPSA) is 35.9 Å². The molecule has 1 aromatic rings. The quantitative estimate of drug-likeness (QED) is 0.838. The minimum absolute atomic E-state index is 0.277. The van der Waals surface area contributed by atoms with Crippen LogP contribution in [0.25, 0.3) is 0 Å². The molecule has 0 unspecified atom stereocenters. The first kappa shape index (κ1) is 16.1. The normalized spacial score (nSPS) is 17.0. The monoisotopic (exact) mass is 292 g/mol. The molecule has 1 aliphatic carbocycles. The van der Waals surface area contributed by atoms with Crippen LogP contribution in [0.15, 0.2) is 18.2 Å². The Morgan fingerprint density at radius 2 is 1.95 bits per heavy atom. The summed E-state index contributed by atoms with van der Waals surface area (Å²) in [5.74, 6) is 0.855. The molecule has 0 aromatic heterocycles. The van der Waals surface area contributed by atoms with E-state index in [0.717, 1.165) is 18.7 Å². The Morgan fingerprint density at radius 1 is 1.24 bits per heavy atom. The lowest BCUT2D eigenvalue weighted by Gasteiger charge is -2.49. The molecular weight excluding hydrogens is 264 g/mol. The second kappa shape index (κ2) is 6.67. The van der Waals surface area contributed by atoms with Crippen molar-refractivity contribution >= 4 is 0 Å². The third-order valence-electron chi connectivity index (χ3n) is 4.62. The number of rotatable bonds is 7. The van der Waals surface area contributed by atoms with Gasteiger partial charge >= 0.3 is 0 Å². The van der Waals surface area contributed by atoms with E-state index in [1.807, 2.05) is 25.1 Å². The maximum atomic E-state index is 10.3. The summed E-state index contributed by atoms with van der Waals surface area (Å²) in [6.45, 7) is 4.26. The molecule has 1 N–H and O–H groups in total. The first-order valence-corrected chi connectivity index (χ1v) is 7.78. The number of aromatic hydroxyl groups is 1. The van der Waals surface area contributed by atoms with Gasteiger partial charge in [0.25, 0.3) is 0 Å². The Balaban J connectivity index is 2.02. The molecule has 2 rings (SSSR count). The molecule has 4 heteroatoms. The maximum Gasteiger partial charge on any atom is 0.162 e. The van der Waals surface area contributed by atoms with E-state index < -0.39 is 0 Å². The van der Waals surface area contributed by atoms with Gasteiger partial charge in [0.2, 0.25) is 0 Å². The van der Waals surface area contributed by atoms with E-state index in [1.165, 1.54) is 19.3 Å². The van der Waals surface area contributed by atoms with Gasteiger partial charge in [0, 0.05) is 24.2 Å². The fourth-order valence-electron chi connectivity index (χ4n) is 3.15. The Hall–Kier alpha value is -1.26. The summed E-state index contributed by atoms with van der Waals surface area (Å²) in [4.78, 5) is 4.65. The number of hydrogen-bond donors (Lipinski definition) is 1. The van der Waals surface area contributed by atoms with Crippen LogP contribution in [0, 0.1) is 0 Å². The minimum Gasteiger partial charge on any atom is -0.504 e. The highest BCUT2D eigenvalue weighted by molar-refractivity contribution is 5.45. The Bertz CT molecular complexity index is 470. The van der Waals surface area contributed by atoms with Crippen molar-refractivity contribution in [1.29, 1.82) is 0 Å². The Labute approximate surface area is 128 Å². The van der Waals surface area contributed by atoms with Crippen LogP contribution < -0.4 is 4.74 Å². The van der Waals surface area contributed by atoms with Crippen molar-refractivity contribution < 1.29 is 9.84 Å². The van der Waals surface area contributed by atoms with Gasteiger partial charge in [-0.15, -0.1) is 0 Å². The average Bonchev–Trinajstić information content (AvgIpc) is 2.38. The second-order valence-corrected chi connectivity index (χ2v) is 6.34. The summed E-state index contributed by atoms with van der Waals surface area (Å²) >= 11 is 0. The first-order chi connectivity index (χ1) is 9.98. The van der Waals surface area contributed by atoms with Gasteiger partial charge in [-0.1, -0.05) is 12.1 Å². The molecule has 1 saturated carbocycles. The summed E-state index contributed by atoms with van der Waals surface area (Å²) in [5.41, 5.74) is 1.23. The number of likely N-dealkylation sites (N-methyl/N-ethyl adjacent to an activating group) is 2. The zero-order chi connectivity index (χ0) is 15.5. The maximum absolute atomic E-state index is 10.3. The fraction of sp³-hybridized carbons (Fsp3) is 0.647. The predicted molar refractivity (Wildman–Crippen MR) is 85.9 cm³/mol.